The summed E-state index contributed by atoms with van der Waals surface area (Å²) in [7, 11) is 0. The molecule has 0 radical (unpaired) electrons. The van der Waals surface area contributed by atoms with Crippen molar-refractivity contribution < 1.29 is 4.79 Å². The number of imidazole rings is 1. The molecule has 2 aromatic rings. The van der Waals surface area contributed by atoms with E-state index in [9.17, 15) is 4.79 Å². The van der Waals surface area contributed by atoms with E-state index < -0.39 is 0 Å². The van der Waals surface area contributed by atoms with E-state index in [0.29, 0.717) is 16.5 Å². The number of nitrogens with zero attached hydrogens (tertiary/aromatic N) is 3. The Morgan fingerprint density at radius 3 is 2.77 bits per heavy atom. The van der Waals surface area contributed by atoms with Crippen molar-refractivity contribution in [1.82, 2.24) is 14.5 Å². The van der Waals surface area contributed by atoms with Gasteiger partial charge in [0.2, 0.25) is 0 Å². The molecule has 1 aromatic carbocycles. The molecule has 3 rings (SSSR count). The van der Waals surface area contributed by atoms with Gasteiger partial charge in [-0.3, -0.25) is 4.79 Å². The zero-order chi connectivity index (χ0) is 15.5. The molecule has 116 valence electrons. The fraction of sp³-hybridized carbons (Fsp3) is 0.412. The van der Waals surface area contributed by atoms with E-state index in [1.807, 2.05) is 36.4 Å². The van der Waals surface area contributed by atoms with Crippen LogP contribution in [-0.2, 0) is 6.54 Å². The molecule has 0 saturated carbocycles. The number of benzene rings is 1. The number of aryl methyl sites for hydroxylation is 1. The van der Waals surface area contributed by atoms with Gasteiger partial charge in [-0.05, 0) is 43.9 Å². The molecule has 0 spiro atoms. The van der Waals surface area contributed by atoms with Gasteiger partial charge in [0, 0.05) is 42.6 Å². The zero-order valence-corrected chi connectivity index (χ0v) is 13.5. The van der Waals surface area contributed by atoms with Crippen molar-refractivity contribution in [3.05, 3.63) is 53.1 Å². The van der Waals surface area contributed by atoms with Gasteiger partial charge in [-0.25, -0.2) is 4.98 Å². The second kappa shape index (κ2) is 6.53. The highest BCUT2D eigenvalue weighted by Gasteiger charge is 2.24. The molecule has 22 heavy (non-hydrogen) atoms. The Balaban J connectivity index is 1.57. The summed E-state index contributed by atoms with van der Waals surface area (Å²) >= 11 is 5.97. The first kappa shape index (κ1) is 15.1. The number of hydrogen-bond donors (Lipinski definition) is 0. The number of aromatic nitrogens is 2. The highest BCUT2D eigenvalue weighted by molar-refractivity contribution is 6.30. The third kappa shape index (κ3) is 3.33. The Hall–Kier alpha value is -1.81. The minimum absolute atomic E-state index is 0.0831. The summed E-state index contributed by atoms with van der Waals surface area (Å²) in [5, 5.41) is 0.608. The first-order valence-electron chi connectivity index (χ1n) is 7.66. The lowest BCUT2D eigenvalue weighted by Gasteiger charge is -2.32. The van der Waals surface area contributed by atoms with Crippen molar-refractivity contribution in [1.29, 1.82) is 0 Å². The summed E-state index contributed by atoms with van der Waals surface area (Å²) in [5.41, 5.74) is 0.677. The molecule has 1 amide bonds. The molecular weight excluding hydrogens is 298 g/mol. The van der Waals surface area contributed by atoms with Gasteiger partial charge in [0.05, 0.1) is 0 Å². The van der Waals surface area contributed by atoms with Crippen molar-refractivity contribution in [3.63, 3.8) is 0 Å². The maximum Gasteiger partial charge on any atom is 0.253 e. The van der Waals surface area contributed by atoms with Crippen LogP contribution in [0.2, 0.25) is 5.02 Å². The molecule has 0 aliphatic carbocycles. The van der Waals surface area contributed by atoms with E-state index in [2.05, 4.69) is 9.55 Å². The Labute approximate surface area is 135 Å². The third-order valence-corrected chi connectivity index (χ3v) is 4.59. The maximum atomic E-state index is 12.5. The van der Waals surface area contributed by atoms with Crippen LogP contribution in [0.5, 0.6) is 0 Å². The summed E-state index contributed by atoms with van der Waals surface area (Å²) in [5.74, 6) is 1.74. The van der Waals surface area contributed by atoms with Crippen LogP contribution < -0.4 is 0 Å². The summed E-state index contributed by atoms with van der Waals surface area (Å²) in [6, 6.07) is 7.18. The Bertz CT molecular complexity index is 659. The number of amides is 1. The number of hydrogen-bond acceptors (Lipinski definition) is 2. The van der Waals surface area contributed by atoms with Gasteiger partial charge in [0.25, 0.3) is 5.91 Å². The smallest absolute Gasteiger partial charge is 0.253 e. The van der Waals surface area contributed by atoms with Gasteiger partial charge < -0.3 is 9.47 Å². The van der Waals surface area contributed by atoms with E-state index in [1.54, 1.807) is 12.1 Å². The highest BCUT2D eigenvalue weighted by Crippen LogP contribution is 2.22. The normalized spacial score (nSPS) is 16.0. The Morgan fingerprint density at radius 1 is 1.36 bits per heavy atom. The lowest BCUT2D eigenvalue weighted by Crippen LogP contribution is -2.39. The molecule has 4 nitrogen and oxygen atoms in total. The second-order valence-corrected chi connectivity index (χ2v) is 6.31. The minimum atomic E-state index is 0.0831. The first-order valence-corrected chi connectivity index (χ1v) is 8.04. The molecule has 1 aliphatic heterocycles. The van der Waals surface area contributed by atoms with Crippen LogP contribution in [0.15, 0.2) is 36.7 Å². The molecule has 0 bridgehead atoms. The molecule has 2 heterocycles. The summed E-state index contributed by atoms with van der Waals surface area (Å²) in [4.78, 5) is 18.7. The van der Waals surface area contributed by atoms with Crippen LogP contribution in [-0.4, -0.2) is 33.4 Å². The van der Waals surface area contributed by atoms with Crippen LogP contribution in [0.1, 0.15) is 29.0 Å². The fourth-order valence-corrected chi connectivity index (χ4v) is 3.19. The number of rotatable bonds is 3. The van der Waals surface area contributed by atoms with Gasteiger partial charge in [0.15, 0.2) is 0 Å². The van der Waals surface area contributed by atoms with E-state index in [-0.39, 0.29) is 5.91 Å². The first-order chi connectivity index (χ1) is 10.6. The van der Waals surface area contributed by atoms with Crippen LogP contribution in [0.4, 0.5) is 0 Å². The zero-order valence-electron chi connectivity index (χ0n) is 12.7. The van der Waals surface area contributed by atoms with E-state index in [0.717, 1.165) is 38.3 Å². The number of carbonyl (C=O) groups excluding carboxylic acids is 1. The van der Waals surface area contributed by atoms with Crippen LogP contribution in [0.3, 0.4) is 0 Å². The number of carbonyl (C=O) groups is 1. The molecule has 1 fully saturated rings. The molecule has 0 N–H and O–H groups in total. The van der Waals surface area contributed by atoms with Crippen molar-refractivity contribution >= 4 is 17.5 Å². The predicted molar refractivity (Wildman–Crippen MR) is 87.0 cm³/mol. The van der Waals surface area contributed by atoms with Gasteiger partial charge in [-0.1, -0.05) is 17.7 Å². The molecule has 1 saturated heterocycles. The van der Waals surface area contributed by atoms with E-state index in [4.69, 9.17) is 11.6 Å². The summed E-state index contributed by atoms with van der Waals surface area (Å²) in [6.45, 7) is 4.64. The molecule has 1 aromatic heterocycles. The van der Waals surface area contributed by atoms with Crippen LogP contribution in [0, 0.1) is 12.8 Å². The topological polar surface area (TPSA) is 38.1 Å². The standard InChI is InChI=1S/C17H20ClN3O/c1-13-19-7-10-21(13)12-14-5-8-20(9-6-14)17(22)15-3-2-4-16(18)11-15/h2-4,7,10-11,14H,5-6,8-9,12H2,1H3. The molecular formula is C17H20ClN3O. The van der Waals surface area contributed by atoms with E-state index in [1.165, 1.54) is 0 Å². The summed E-state index contributed by atoms with van der Waals surface area (Å²) in [6.07, 6.45) is 5.93. The Kier molecular flexibility index (Phi) is 4.48. The van der Waals surface area contributed by atoms with Crippen molar-refractivity contribution in [2.24, 2.45) is 5.92 Å². The second-order valence-electron chi connectivity index (χ2n) is 5.87. The van der Waals surface area contributed by atoms with Crippen molar-refractivity contribution in [2.45, 2.75) is 26.3 Å². The Morgan fingerprint density at radius 2 is 2.14 bits per heavy atom. The van der Waals surface area contributed by atoms with Gasteiger partial charge in [-0.15, -0.1) is 0 Å². The summed E-state index contributed by atoms with van der Waals surface area (Å²) < 4.78 is 2.19. The van der Waals surface area contributed by atoms with Crippen molar-refractivity contribution in [2.75, 3.05) is 13.1 Å². The molecule has 0 atom stereocenters. The number of piperidine rings is 1. The minimum Gasteiger partial charge on any atom is -0.339 e. The largest absolute Gasteiger partial charge is 0.339 e. The third-order valence-electron chi connectivity index (χ3n) is 4.35. The van der Waals surface area contributed by atoms with E-state index >= 15 is 0 Å². The average molecular weight is 318 g/mol. The lowest BCUT2D eigenvalue weighted by atomic mass is 9.96. The lowest BCUT2D eigenvalue weighted by molar-refractivity contribution is 0.0682. The predicted octanol–water partition coefficient (Wildman–Crippen LogP) is 3.40. The monoisotopic (exact) mass is 317 g/mol. The maximum absolute atomic E-state index is 12.5. The SMILES string of the molecule is Cc1nccn1CC1CCN(C(=O)c2cccc(Cl)c2)CC1. The van der Waals surface area contributed by atoms with Crippen LogP contribution >= 0.6 is 11.6 Å². The molecule has 0 unspecified atom stereocenters. The van der Waals surface area contributed by atoms with Gasteiger partial charge in [-0.2, -0.15) is 0 Å². The molecule has 5 heteroatoms. The van der Waals surface area contributed by atoms with Crippen molar-refractivity contribution in [3.8, 4) is 0 Å². The number of halogens is 1. The van der Waals surface area contributed by atoms with Gasteiger partial charge >= 0.3 is 0 Å². The van der Waals surface area contributed by atoms with Crippen LogP contribution in [0.25, 0.3) is 0 Å². The van der Waals surface area contributed by atoms with Gasteiger partial charge in [0.1, 0.15) is 5.82 Å². The quantitative estimate of drug-likeness (QED) is 0.870. The number of likely N-dealkylation sites (tertiary alicyclic amines) is 1. The molecule has 1 aliphatic rings. The fourth-order valence-electron chi connectivity index (χ4n) is 3.00. The highest BCUT2D eigenvalue weighted by atomic mass is 35.5. The average Bonchev–Trinajstić information content (AvgIpc) is 2.92.